The van der Waals surface area contributed by atoms with Gasteiger partial charge in [-0.05, 0) is 54.1 Å². The van der Waals surface area contributed by atoms with Crippen molar-refractivity contribution in [3.05, 3.63) is 29.8 Å². The van der Waals surface area contributed by atoms with E-state index in [9.17, 15) is 32.7 Å². The molecule has 2 unspecified atom stereocenters. The summed E-state index contributed by atoms with van der Waals surface area (Å²) in [5.41, 5.74) is -1.78. The van der Waals surface area contributed by atoms with Crippen LogP contribution in [-0.4, -0.2) is 89.8 Å². The number of carbonyl (C=O) groups excluding carboxylic acids is 3. The second-order valence-corrected chi connectivity index (χ2v) is 16.7. The molecule has 4 amide bonds. The number of carbonyl (C=O) groups is 4. The number of nitrogens with zero attached hydrogens (tertiary/aromatic N) is 2. The van der Waals surface area contributed by atoms with Crippen molar-refractivity contribution >= 4 is 33.8 Å². The number of carboxylic acid groups (broad SMARTS) is 1. The maximum absolute atomic E-state index is 14.0. The molecular formula is C32H49N5O7S. The highest BCUT2D eigenvalue weighted by atomic mass is 32.2. The minimum Gasteiger partial charge on any atom is -0.479 e. The topological polar surface area (TPSA) is 165 Å². The summed E-state index contributed by atoms with van der Waals surface area (Å²) in [6.45, 7) is 13.7. The quantitative estimate of drug-likeness (QED) is 0.320. The van der Waals surface area contributed by atoms with E-state index in [4.69, 9.17) is 0 Å². The predicted molar refractivity (Wildman–Crippen MR) is 169 cm³/mol. The summed E-state index contributed by atoms with van der Waals surface area (Å²) in [6.07, 6.45) is 2.52. The number of hydrogen-bond acceptors (Lipinski definition) is 6. The first-order valence-corrected chi connectivity index (χ1v) is 17.3. The van der Waals surface area contributed by atoms with Crippen LogP contribution >= 0.6 is 0 Å². The number of urea groups is 1. The van der Waals surface area contributed by atoms with Crippen LogP contribution in [0.3, 0.4) is 0 Å². The summed E-state index contributed by atoms with van der Waals surface area (Å²) >= 11 is 0. The number of carboxylic acids is 1. The summed E-state index contributed by atoms with van der Waals surface area (Å²) in [7, 11) is -3.75. The van der Waals surface area contributed by atoms with Crippen molar-refractivity contribution in [2.45, 2.75) is 109 Å². The Kier molecular flexibility index (Phi) is 9.67. The molecule has 0 bridgehead atoms. The van der Waals surface area contributed by atoms with Crippen molar-refractivity contribution in [1.82, 2.24) is 25.2 Å². The summed E-state index contributed by atoms with van der Waals surface area (Å²) in [6, 6.07) is 3.88. The highest BCUT2D eigenvalue weighted by molar-refractivity contribution is 7.89. The van der Waals surface area contributed by atoms with Gasteiger partial charge in [0, 0.05) is 25.7 Å². The molecule has 1 aromatic rings. The van der Waals surface area contributed by atoms with E-state index in [1.165, 1.54) is 9.21 Å². The molecule has 2 heterocycles. The highest BCUT2D eigenvalue weighted by Gasteiger charge is 2.61. The maximum atomic E-state index is 14.0. The van der Waals surface area contributed by atoms with Gasteiger partial charge in [-0.1, -0.05) is 73.1 Å². The smallest absolute Gasteiger partial charge is 0.329 e. The first-order valence-electron chi connectivity index (χ1n) is 15.8. The monoisotopic (exact) mass is 647 g/mol. The number of aliphatic carboxylic acids is 1. The van der Waals surface area contributed by atoms with Gasteiger partial charge in [0.2, 0.25) is 21.8 Å². The molecule has 250 valence electrons. The molecule has 0 aromatic heterocycles. The summed E-state index contributed by atoms with van der Waals surface area (Å²) in [5.74, 6) is -2.14. The van der Waals surface area contributed by atoms with Crippen LogP contribution in [0.4, 0.5) is 4.79 Å². The number of sulfonamides is 1. The molecule has 1 saturated carbocycles. The zero-order valence-corrected chi connectivity index (χ0v) is 28.3. The molecule has 5 atom stereocenters. The Morgan fingerprint density at radius 1 is 1.02 bits per heavy atom. The molecule has 13 heteroatoms. The number of amides is 4. The van der Waals surface area contributed by atoms with E-state index < -0.39 is 68.3 Å². The van der Waals surface area contributed by atoms with E-state index >= 15 is 0 Å². The van der Waals surface area contributed by atoms with Gasteiger partial charge in [0.15, 0.2) is 0 Å². The molecule has 45 heavy (non-hydrogen) atoms. The normalized spacial score (nSPS) is 25.9. The van der Waals surface area contributed by atoms with Crippen molar-refractivity contribution in [3.8, 4) is 0 Å². The molecule has 4 N–H and O–H groups in total. The Hall–Kier alpha value is -3.19. The minimum atomic E-state index is -3.75. The third kappa shape index (κ3) is 7.14. The fraction of sp³-hybridized carbons (Fsp3) is 0.688. The number of likely N-dealkylation sites (tertiary alicyclic amines) is 1. The van der Waals surface area contributed by atoms with E-state index in [1.54, 1.807) is 12.1 Å². The molecule has 1 aliphatic carbocycles. The lowest BCUT2D eigenvalue weighted by Crippen LogP contribution is -2.62. The molecule has 1 aromatic carbocycles. The van der Waals surface area contributed by atoms with Crippen molar-refractivity contribution < 1.29 is 32.7 Å². The van der Waals surface area contributed by atoms with Gasteiger partial charge in [0.25, 0.3) is 0 Å². The highest BCUT2D eigenvalue weighted by Crippen LogP contribution is 2.46. The van der Waals surface area contributed by atoms with Crippen LogP contribution in [0.15, 0.2) is 29.2 Å². The van der Waals surface area contributed by atoms with Gasteiger partial charge >= 0.3 is 12.0 Å². The Balaban J connectivity index is 1.47. The van der Waals surface area contributed by atoms with Crippen LogP contribution < -0.4 is 16.0 Å². The van der Waals surface area contributed by atoms with Crippen molar-refractivity contribution in [3.63, 3.8) is 0 Å². The first-order chi connectivity index (χ1) is 20.8. The van der Waals surface area contributed by atoms with Gasteiger partial charge in [-0.25, -0.2) is 18.0 Å². The van der Waals surface area contributed by atoms with Gasteiger partial charge in [0.1, 0.15) is 17.6 Å². The molecule has 0 radical (unpaired) electrons. The molecule has 1 saturated heterocycles. The van der Waals surface area contributed by atoms with Crippen molar-refractivity contribution in [2.75, 3.05) is 19.6 Å². The number of benzene rings is 1. The number of hydrogen-bond donors (Lipinski definition) is 4. The van der Waals surface area contributed by atoms with E-state index in [1.807, 2.05) is 60.6 Å². The van der Waals surface area contributed by atoms with E-state index in [0.29, 0.717) is 45.2 Å². The van der Waals surface area contributed by atoms with Gasteiger partial charge in [-0.3, -0.25) is 9.59 Å². The number of nitrogens with one attached hydrogen (secondary N) is 3. The lowest BCUT2D eigenvalue weighted by atomic mass is 9.85. The molecule has 4 rings (SSSR count). The number of rotatable bonds is 9. The van der Waals surface area contributed by atoms with Gasteiger partial charge in [0.05, 0.1) is 4.90 Å². The summed E-state index contributed by atoms with van der Waals surface area (Å²) < 4.78 is 28.3. The molecule has 2 fully saturated rings. The Labute approximate surface area is 266 Å². The molecule has 12 nitrogen and oxygen atoms in total. The van der Waals surface area contributed by atoms with Crippen LogP contribution in [0.5, 0.6) is 0 Å². The third-order valence-corrected chi connectivity index (χ3v) is 11.5. The zero-order chi connectivity index (χ0) is 33.5. The first kappa shape index (κ1) is 34.7. The summed E-state index contributed by atoms with van der Waals surface area (Å²) in [5, 5.41) is 18.3. The van der Waals surface area contributed by atoms with Crippen LogP contribution in [0.2, 0.25) is 0 Å². The van der Waals surface area contributed by atoms with Gasteiger partial charge < -0.3 is 26.0 Å². The number of fused-ring (bicyclic) bond motifs is 1. The SMILES string of the molecule is CCC1C[C@]1(NC(=O)[C@@H]1CCCN1C(=O)[C@@H](NC(=O)NC(CN1CCc2ccccc2S1(=O)=O)C(C)(C)C)C(C)(C)C)C(=O)O. The molecule has 2 aliphatic heterocycles. The van der Waals surface area contributed by atoms with Crippen LogP contribution in [-0.2, 0) is 30.8 Å². The van der Waals surface area contributed by atoms with Crippen molar-refractivity contribution in [1.29, 1.82) is 0 Å². The zero-order valence-electron chi connectivity index (χ0n) is 27.5. The Bertz CT molecular complexity index is 1430. The van der Waals surface area contributed by atoms with E-state index in [0.717, 1.165) is 5.56 Å². The second kappa shape index (κ2) is 12.5. The maximum Gasteiger partial charge on any atom is 0.329 e. The lowest BCUT2D eigenvalue weighted by Gasteiger charge is -2.39. The fourth-order valence-corrected chi connectivity index (χ4v) is 8.15. The standard InChI is InChI=1S/C32H49N5O7S/c1-8-21-18-32(21,28(40)41)35-26(38)22-13-11-16-37(22)27(39)25(31(5,6)7)34-29(42)33-24(30(2,3)4)19-36-17-15-20-12-9-10-14-23(20)45(36,43)44/h9-10,12,14,21-22,24-25H,8,11,13,15-19H2,1-7H3,(H,35,38)(H,40,41)(H2,33,34,42)/t21?,22-,24?,25+,32+/m0/s1. The van der Waals surface area contributed by atoms with Crippen molar-refractivity contribution in [2.24, 2.45) is 16.7 Å². The third-order valence-electron chi connectivity index (χ3n) is 9.51. The summed E-state index contributed by atoms with van der Waals surface area (Å²) in [4.78, 5) is 54.5. The molecule has 3 aliphatic rings. The lowest BCUT2D eigenvalue weighted by molar-refractivity contribution is -0.146. The van der Waals surface area contributed by atoms with Crippen LogP contribution in [0, 0.1) is 16.7 Å². The van der Waals surface area contributed by atoms with E-state index in [-0.39, 0.29) is 17.4 Å². The Morgan fingerprint density at radius 3 is 2.27 bits per heavy atom. The average Bonchev–Trinajstić information content (AvgIpc) is 3.43. The molecule has 0 spiro atoms. The molecular weight excluding hydrogens is 598 g/mol. The van der Waals surface area contributed by atoms with E-state index in [2.05, 4.69) is 16.0 Å². The van der Waals surface area contributed by atoms with Gasteiger partial charge in [-0.15, -0.1) is 0 Å². The largest absolute Gasteiger partial charge is 0.479 e. The predicted octanol–water partition coefficient (Wildman–Crippen LogP) is 2.72. The van der Waals surface area contributed by atoms with Crippen LogP contribution in [0.25, 0.3) is 0 Å². The minimum absolute atomic E-state index is 0.0557. The average molecular weight is 648 g/mol. The van der Waals surface area contributed by atoms with Crippen LogP contribution in [0.1, 0.15) is 79.7 Å². The Morgan fingerprint density at radius 2 is 1.69 bits per heavy atom. The van der Waals surface area contributed by atoms with Gasteiger partial charge in [-0.2, -0.15) is 4.31 Å². The fourth-order valence-electron chi connectivity index (χ4n) is 6.44. The second-order valence-electron chi connectivity index (χ2n) is 14.8.